The maximum atomic E-state index is 11.9. The Balaban J connectivity index is 1.22. The standard InChI is InChI=1S/C28H38N2O5/c1-23-6-10-26(11-7-23)35-22-28(32)20-29(16-18-33-21-28)19-24-8-12-25(13-9-24)34-17-4-15-30-14-3-2-5-27(30)31/h6-13,32H,2-5,14-22H2,1H3/t28-/m1/s1. The van der Waals surface area contributed by atoms with Gasteiger partial charge in [0, 0.05) is 39.1 Å². The fraction of sp³-hybridized carbons (Fsp3) is 0.536. The highest BCUT2D eigenvalue weighted by Crippen LogP contribution is 2.20. The number of benzene rings is 2. The summed E-state index contributed by atoms with van der Waals surface area (Å²) in [6, 6.07) is 15.9. The van der Waals surface area contributed by atoms with E-state index in [4.69, 9.17) is 14.2 Å². The van der Waals surface area contributed by atoms with Gasteiger partial charge in [0.05, 0.1) is 19.8 Å². The summed E-state index contributed by atoms with van der Waals surface area (Å²) in [5.41, 5.74) is 1.26. The predicted molar refractivity (Wildman–Crippen MR) is 135 cm³/mol. The average molecular weight is 483 g/mol. The maximum absolute atomic E-state index is 11.9. The van der Waals surface area contributed by atoms with Gasteiger partial charge in [-0.3, -0.25) is 9.69 Å². The lowest BCUT2D eigenvalue weighted by Gasteiger charge is -2.30. The van der Waals surface area contributed by atoms with Crippen molar-refractivity contribution in [1.82, 2.24) is 9.80 Å². The number of β-amino-alcohol motifs (C(OH)–C–C–N with tert-alkyl or cyclic N) is 1. The minimum absolute atomic E-state index is 0.183. The first-order valence-electron chi connectivity index (χ1n) is 12.7. The van der Waals surface area contributed by atoms with E-state index < -0.39 is 5.60 Å². The second-order valence-corrected chi connectivity index (χ2v) is 9.77. The van der Waals surface area contributed by atoms with Gasteiger partial charge < -0.3 is 24.2 Å². The zero-order valence-corrected chi connectivity index (χ0v) is 20.8. The first-order chi connectivity index (χ1) is 17.0. The average Bonchev–Trinajstić information content (AvgIpc) is 3.05. The first-order valence-corrected chi connectivity index (χ1v) is 12.7. The molecule has 1 amide bonds. The fourth-order valence-electron chi connectivity index (χ4n) is 4.56. The molecule has 0 bridgehead atoms. The number of hydrogen-bond donors (Lipinski definition) is 1. The highest BCUT2D eigenvalue weighted by atomic mass is 16.5. The van der Waals surface area contributed by atoms with Crippen LogP contribution in [0.5, 0.6) is 11.5 Å². The zero-order chi connectivity index (χ0) is 24.5. The molecule has 35 heavy (non-hydrogen) atoms. The molecule has 1 atom stereocenters. The van der Waals surface area contributed by atoms with E-state index in [9.17, 15) is 9.90 Å². The van der Waals surface area contributed by atoms with Crippen LogP contribution in [0.25, 0.3) is 0 Å². The zero-order valence-electron chi connectivity index (χ0n) is 20.8. The number of aliphatic hydroxyl groups is 1. The minimum atomic E-state index is -1.07. The summed E-state index contributed by atoms with van der Waals surface area (Å²) >= 11 is 0. The van der Waals surface area contributed by atoms with Gasteiger partial charge >= 0.3 is 0 Å². The molecule has 2 fully saturated rings. The molecule has 2 aliphatic rings. The number of hydrogen-bond acceptors (Lipinski definition) is 6. The van der Waals surface area contributed by atoms with Crippen LogP contribution >= 0.6 is 0 Å². The van der Waals surface area contributed by atoms with Gasteiger partial charge in [-0.25, -0.2) is 0 Å². The third-order valence-corrected chi connectivity index (χ3v) is 6.56. The van der Waals surface area contributed by atoms with Crippen LogP contribution in [0.4, 0.5) is 0 Å². The van der Waals surface area contributed by atoms with Crippen LogP contribution in [0.15, 0.2) is 48.5 Å². The van der Waals surface area contributed by atoms with Gasteiger partial charge in [0.25, 0.3) is 0 Å². The van der Waals surface area contributed by atoms with Crippen molar-refractivity contribution in [2.24, 2.45) is 0 Å². The third kappa shape index (κ3) is 7.95. The number of likely N-dealkylation sites (tertiary alicyclic amines) is 1. The van der Waals surface area contributed by atoms with Gasteiger partial charge in [0.15, 0.2) is 0 Å². The predicted octanol–water partition coefficient (Wildman–Crippen LogP) is 3.42. The van der Waals surface area contributed by atoms with Gasteiger partial charge in [-0.2, -0.15) is 0 Å². The topological polar surface area (TPSA) is 71.5 Å². The van der Waals surface area contributed by atoms with Crippen molar-refractivity contribution in [2.45, 2.75) is 44.8 Å². The van der Waals surface area contributed by atoms with E-state index in [2.05, 4.69) is 17.0 Å². The van der Waals surface area contributed by atoms with Crippen LogP contribution in [-0.2, 0) is 16.1 Å². The molecule has 7 heteroatoms. The van der Waals surface area contributed by atoms with Crippen molar-refractivity contribution in [3.05, 3.63) is 59.7 Å². The molecule has 0 radical (unpaired) electrons. The van der Waals surface area contributed by atoms with Gasteiger partial charge in [0.1, 0.15) is 23.7 Å². The summed E-state index contributed by atoms with van der Waals surface area (Å²) in [7, 11) is 0. The van der Waals surface area contributed by atoms with Gasteiger partial charge in [-0.15, -0.1) is 0 Å². The normalized spacial score (nSPS) is 21.5. The molecular formula is C28H38N2O5. The number of amides is 1. The van der Waals surface area contributed by atoms with Crippen molar-refractivity contribution in [1.29, 1.82) is 0 Å². The third-order valence-electron chi connectivity index (χ3n) is 6.56. The summed E-state index contributed by atoms with van der Waals surface area (Å²) in [6.07, 6.45) is 3.64. The Hall–Kier alpha value is -2.61. The van der Waals surface area contributed by atoms with E-state index in [1.54, 1.807) is 0 Å². The molecule has 2 saturated heterocycles. The lowest BCUT2D eigenvalue weighted by Crippen LogP contribution is -2.48. The number of carbonyl (C=O) groups is 1. The van der Waals surface area contributed by atoms with E-state index in [-0.39, 0.29) is 19.1 Å². The highest BCUT2D eigenvalue weighted by molar-refractivity contribution is 5.76. The van der Waals surface area contributed by atoms with Gasteiger partial charge in [-0.05, 0) is 56.0 Å². The number of rotatable bonds is 10. The van der Waals surface area contributed by atoms with Crippen LogP contribution in [0.2, 0.25) is 0 Å². The molecule has 7 nitrogen and oxygen atoms in total. The first kappa shape index (κ1) is 25.5. The van der Waals surface area contributed by atoms with Gasteiger partial charge in [0.2, 0.25) is 5.91 Å². The Bertz CT molecular complexity index is 933. The molecule has 2 aliphatic heterocycles. The van der Waals surface area contributed by atoms with Crippen molar-refractivity contribution < 1.29 is 24.1 Å². The molecule has 190 valence electrons. The van der Waals surface area contributed by atoms with E-state index in [1.165, 1.54) is 5.56 Å². The maximum Gasteiger partial charge on any atom is 0.222 e. The molecule has 0 unspecified atom stereocenters. The summed E-state index contributed by atoms with van der Waals surface area (Å²) in [5, 5.41) is 11.2. The Kier molecular flexibility index (Phi) is 9.01. The number of carbonyl (C=O) groups excluding carboxylic acids is 1. The largest absolute Gasteiger partial charge is 0.494 e. The molecule has 1 N–H and O–H groups in total. The summed E-state index contributed by atoms with van der Waals surface area (Å²) in [6.45, 7) is 7.24. The molecule has 0 spiro atoms. The van der Waals surface area contributed by atoms with E-state index in [0.717, 1.165) is 56.0 Å². The summed E-state index contributed by atoms with van der Waals surface area (Å²) in [5.74, 6) is 1.85. The fourth-order valence-corrected chi connectivity index (χ4v) is 4.56. The number of aryl methyl sites for hydroxylation is 1. The lowest BCUT2D eigenvalue weighted by molar-refractivity contribution is -0.133. The number of ether oxygens (including phenoxy) is 3. The molecule has 0 saturated carbocycles. The van der Waals surface area contributed by atoms with E-state index >= 15 is 0 Å². The van der Waals surface area contributed by atoms with E-state index in [0.29, 0.717) is 32.7 Å². The van der Waals surface area contributed by atoms with Gasteiger partial charge in [-0.1, -0.05) is 29.8 Å². The lowest BCUT2D eigenvalue weighted by atomic mass is 10.1. The number of piperidine rings is 1. The monoisotopic (exact) mass is 482 g/mol. The number of nitrogens with zero attached hydrogens (tertiary/aromatic N) is 2. The minimum Gasteiger partial charge on any atom is -0.494 e. The molecule has 0 aromatic heterocycles. The Morgan fingerprint density at radius 2 is 1.74 bits per heavy atom. The molecule has 2 aromatic carbocycles. The summed E-state index contributed by atoms with van der Waals surface area (Å²) in [4.78, 5) is 16.0. The Labute approximate surface area is 208 Å². The Morgan fingerprint density at radius 3 is 2.51 bits per heavy atom. The summed E-state index contributed by atoms with van der Waals surface area (Å²) < 4.78 is 17.4. The molecular weight excluding hydrogens is 444 g/mol. The van der Waals surface area contributed by atoms with Crippen molar-refractivity contribution in [2.75, 3.05) is 52.6 Å². The molecule has 0 aliphatic carbocycles. The second kappa shape index (κ2) is 12.4. The van der Waals surface area contributed by atoms with Crippen LogP contribution < -0.4 is 9.47 Å². The Morgan fingerprint density at radius 1 is 1.00 bits per heavy atom. The van der Waals surface area contributed by atoms with Crippen molar-refractivity contribution in [3.63, 3.8) is 0 Å². The van der Waals surface area contributed by atoms with Crippen LogP contribution in [-0.4, -0.2) is 79.0 Å². The van der Waals surface area contributed by atoms with Crippen LogP contribution in [0.3, 0.4) is 0 Å². The van der Waals surface area contributed by atoms with Crippen molar-refractivity contribution in [3.8, 4) is 11.5 Å². The van der Waals surface area contributed by atoms with Crippen LogP contribution in [0, 0.1) is 6.92 Å². The molecule has 4 rings (SSSR count). The SMILES string of the molecule is Cc1ccc(OC[C@]2(O)COCCN(Cc3ccc(OCCCN4CCCCC4=O)cc3)C2)cc1. The van der Waals surface area contributed by atoms with Crippen molar-refractivity contribution >= 4 is 5.91 Å². The second-order valence-electron chi connectivity index (χ2n) is 9.77. The van der Waals surface area contributed by atoms with E-state index in [1.807, 2.05) is 48.2 Å². The smallest absolute Gasteiger partial charge is 0.222 e. The highest BCUT2D eigenvalue weighted by Gasteiger charge is 2.33. The molecule has 2 aromatic rings. The quantitative estimate of drug-likeness (QED) is 0.524. The molecule has 2 heterocycles. The van der Waals surface area contributed by atoms with Crippen LogP contribution in [0.1, 0.15) is 36.8 Å².